The number of morpholine rings is 1. The van der Waals surface area contributed by atoms with Crippen molar-refractivity contribution in [1.29, 1.82) is 0 Å². The topological polar surface area (TPSA) is 68.5 Å². The molecule has 2 aromatic carbocycles. The number of amides is 1. The number of fused-ring (bicyclic) bond motifs is 1. The van der Waals surface area contributed by atoms with Crippen LogP contribution in [-0.2, 0) is 22.6 Å². The summed E-state index contributed by atoms with van der Waals surface area (Å²) in [5.74, 6) is -0.402. The minimum absolute atomic E-state index is 0.0619. The molecule has 1 aliphatic heterocycles. The molecule has 1 aromatic heterocycles. The highest BCUT2D eigenvalue weighted by Crippen LogP contribution is 2.22. The summed E-state index contributed by atoms with van der Waals surface area (Å²) in [5, 5.41) is 3.01. The highest BCUT2D eigenvalue weighted by molar-refractivity contribution is 5.78. The van der Waals surface area contributed by atoms with Gasteiger partial charge in [0.2, 0.25) is 5.91 Å². The van der Waals surface area contributed by atoms with Gasteiger partial charge in [-0.05, 0) is 36.8 Å². The van der Waals surface area contributed by atoms with Gasteiger partial charge < -0.3 is 10.1 Å². The SMILES string of the molecule is CCn1c(=O)n(CCC(=O)NC[C@@H](c2ccc(F)cc2)N2CCOCC2)c2ccccc21. The molecule has 170 valence electrons. The molecule has 1 atom stereocenters. The van der Waals surface area contributed by atoms with Gasteiger partial charge in [-0.15, -0.1) is 0 Å². The molecule has 1 N–H and O–H groups in total. The Morgan fingerprint density at radius 2 is 1.72 bits per heavy atom. The molecule has 0 aliphatic carbocycles. The van der Waals surface area contributed by atoms with Crippen LogP contribution in [-0.4, -0.2) is 52.8 Å². The van der Waals surface area contributed by atoms with Crippen molar-refractivity contribution in [2.24, 2.45) is 0 Å². The van der Waals surface area contributed by atoms with E-state index in [2.05, 4.69) is 10.2 Å². The molecular formula is C24H29FN4O3. The molecule has 0 radical (unpaired) electrons. The lowest BCUT2D eigenvalue weighted by atomic mass is 10.0. The molecule has 4 rings (SSSR count). The second kappa shape index (κ2) is 10.1. The van der Waals surface area contributed by atoms with Crippen LogP contribution in [0.15, 0.2) is 53.3 Å². The molecule has 1 saturated heterocycles. The van der Waals surface area contributed by atoms with E-state index in [0.29, 0.717) is 32.8 Å². The van der Waals surface area contributed by atoms with Crippen molar-refractivity contribution >= 4 is 16.9 Å². The highest BCUT2D eigenvalue weighted by Gasteiger charge is 2.23. The van der Waals surface area contributed by atoms with Crippen LogP contribution < -0.4 is 11.0 Å². The van der Waals surface area contributed by atoms with Gasteiger partial charge in [-0.2, -0.15) is 0 Å². The fourth-order valence-corrected chi connectivity index (χ4v) is 4.34. The number of aryl methyl sites for hydroxylation is 2. The predicted molar refractivity (Wildman–Crippen MR) is 121 cm³/mol. The molecule has 1 amide bonds. The van der Waals surface area contributed by atoms with Gasteiger partial charge in [-0.3, -0.25) is 18.8 Å². The van der Waals surface area contributed by atoms with E-state index in [0.717, 1.165) is 29.7 Å². The summed E-state index contributed by atoms with van der Waals surface area (Å²) in [6, 6.07) is 14.0. The number of halogens is 1. The Kier molecular flexibility index (Phi) is 7.02. The van der Waals surface area contributed by atoms with Crippen molar-refractivity contribution in [1.82, 2.24) is 19.4 Å². The maximum atomic E-state index is 13.4. The van der Waals surface area contributed by atoms with Gasteiger partial charge in [-0.1, -0.05) is 24.3 Å². The minimum atomic E-state index is -0.282. The molecule has 3 aromatic rings. The van der Waals surface area contributed by atoms with Crippen molar-refractivity contribution in [2.75, 3.05) is 32.8 Å². The lowest BCUT2D eigenvalue weighted by molar-refractivity contribution is -0.121. The maximum absolute atomic E-state index is 13.4. The normalized spacial score (nSPS) is 15.7. The van der Waals surface area contributed by atoms with E-state index < -0.39 is 0 Å². The molecule has 0 unspecified atom stereocenters. The number of carbonyl (C=O) groups is 1. The average Bonchev–Trinajstić information content (AvgIpc) is 3.10. The number of benzene rings is 2. The summed E-state index contributed by atoms with van der Waals surface area (Å²) in [5.41, 5.74) is 2.57. The Hall–Kier alpha value is -2.97. The summed E-state index contributed by atoms with van der Waals surface area (Å²) >= 11 is 0. The first-order valence-corrected chi connectivity index (χ1v) is 11.1. The number of carbonyl (C=O) groups excluding carboxylic acids is 1. The number of imidazole rings is 1. The number of rotatable bonds is 8. The van der Waals surface area contributed by atoms with Crippen LogP contribution in [0, 0.1) is 5.82 Å². The van der Waals surface area contributed by atoms with Crippen LogP contribution in [0.3, 0.4) is 0 Å². The molecule has 0 saturated carbocycles. The molecule has 1 fully saturated rings. The first-order chi connectivity index (χ1) is 15.6. The number of aromatic nitrogens is 2. The first-order valence-electron chi connectivity index (χ1n) is 11.1. The molecule has 0 spiro atoms. The number of para-hydroxylation sites is 2. The molecule has 7 nitrogen and oxygen atoms in total. The molecule has 0 bridgehead atoms. The standard InChI is InChI=1S/C24H29FN4O3/c1-2-28-20-5-3-4-6-21(20)29(24(28)31)12-11-23(30)26-17-22(27-13-15-32-16-14-27)18-7-9-19(25)10-8-18/h3-10,22H,2,11-17H2,1H3,(H,26,30)/t22-/m0/s1. The van der Waals surface area contributed by atoms with Crippen molar-refractivity contribution in [2.45, 2.75) is 32.5 Å². The third kappa shape index (κ3) is 4.76. The van der Waals surface area contributed by atoms with E-state index in [1.807, 2.05) is 31.2 Å². The first kappa shape index (κ1) is 22.2. The zero-order valence-corrected chi connectivity index (χ0v) is 18.3. The second-order valence-corrected chi connectivity index (χ2v) is 7.94. The van der Waals surface area contributed by atoms with Crippen LogP contribution in [0.2, 0.25) is 0 Å². The highest BCUT2D eigenvalue weighted by atomic mass is 19.1. The van der Waals surface area contributed by atoms with Gasteiger partial charge in [0.25, 0.3) is 0 Å². The van der Waals surface area contributed by atoms with Crippen LogP contribution in [0.25, 0.3) is 11.0 Å². The van der Waals surface area contributed by atoms with Gasteiger partial charge in [-0.25, -0.2) is 9.18 Å². The lowest BCUT2D eigenvalue weighted by Crippen LogP contribution is -2.44. The largest absolute Gasteiger partial charge is 0.379 e. The van der Waals surface area contributed by atoms with Crippen LogP contribution in [0.5, 0.6) is 0 Å². The van der Waals surface area contributed by atoms with E-state index in [1.54, 1.807) is 21.3 Å². The fourth-order valence-electron chi connectivity index (χ4n) is 4.34. The van der Waals surface area contributed by atoms with Crippen molar-refractivity contribution in [3.63, 3.8) is 0 Å². The number of nitrogens with one attached hydrogen (secondary N) is 1. The van der Waals surface area contributed by atoms with E-state index in [9.17, 15) is 14.0 Å². The van der Waals surface area contributed by atoms with Gasteiger partial charge in [0.15, 0.2) is 0 Å². The smallest absolute Gasteiger partial charge is 0.329 e. The van der Waals surface area contributed by atoms with Crippen LogP contribution >= 0.6 is 0 Å². The Bertz CT molecular complexity index is 1120. The molecule has 2 heterocycles. The number of hydrogen-bond acceptors (Lipinski definition) is 4. The Labute approximate surface area is 186 Å². The maximum Gasteiger partial charge on any atom is 0.329 e. The van der Waals surface area contributed by atoms with Gasteiger partial charge in [0, 0.05) is 39.1 Å². The monoisotopic (exact) mass is 440 g/mol. The van der Waals surface area contributed by atoms with Crippen LogP contribution in [0.4, 0.5) is 4.39 Å². The van der Waals surface area contributed by atoms with Gasteiger partial charge >= 0.3 is 5.69 Å². The van der Waals surface area contributed by atoms with Gasteiger partial charge in [0.05, 0.1) is 30.3 Å². The Morgan fingerprint density at radius 3 is 2.38 bits per heavy atom. The van der Waals surface area contributed by atoms with Crippen molar-refractivity contribution in [3.05, 3.63) is 70.4 Å². The fraction of sp³-hybridized carbons (Fsp3) is 0.417. The Balaban J connectivity index is 1.43. The summed E-state index contributed by atoms with van der Waals surface area (Å²) < 4.78 is 22.2. The van der Waals surface area contributed by atoms with E-state index in [1.165, 1.54) is 12.1 Å². The second-order valence-electron chi connectivity index (χ2n) is 7.94. The molecule has 32 heavy (non-hydrogen) atoms. The van der Waals surface area contributed by atoms with E-state index in [4.69, 9.17) is 4.74 Å². The van der Waals surface area contributed by atoms with Crippen LogP contribution in [0.1, 0.15) is 24.9 Å². The van der Waals surface area contributed by atoms with Gasteiger partial charge in [0.1, 0.15) is 5.82 Å². The van der Waals surface area contributed by atoms with E-state index in [-0.39, 0.29) is 29.9 Å². The predicted octanol–water partition coefficient (Wildman–Crippen LogP) is 2.54. The quantitative estimate of drug-likeness (QED) is 0.585. The summed E-state index contributed by atoms with van der Waals surface area (Å²) in [6.45, 7) is 6.02. The number of ether oxygens (including phenoxy) is 1. The average molecular weight is 441 g/mol. The van der Waals surface area contributed by atoms with Crippen molar-refractivity contribution < 1.29 is 13.9 Å². The Morgan fingerprint density at radius 1 is 1.06 bits per heavy atom. The molecule has 1 aliphatic rings. The van der Waals surface area contributed by atoms with Crippen molar-refractivity contribution in [3.8, 4) is 0 Å². The zero-order chi connectivity index (χ0) is 22.5. The zero-order valence-electron chi connectivity index (χ0n) is 18.3. The molecule has 8 heteroatoms. The number of hydrogen-bond donors (Lipinski definition) is 1. The lowest BCUT2D eigenvalue weighted by Gasteiger charge is -2.35. The molecular weight excluding hydrogens is 411 g/mol. The summed E-state index contributed by atoms with van der Waals surface area (Å²) in [7, 11) is 0. The van der Waals surface area contributed by atoms with E-state index >= 15 is 0 Å². The number of nitrogens with zero attached hydrogens (tertiary/aromatic N) is 3. The third-order valence-corrected chi connectivity index (χ3v) is 6.04. The third-order valence-electron chi connectivity index (χ3n) is 6.04. The minimum Gasteiger partial charge on any atom is -0.379 e. The summed E-state index contributed by atoms with van der Waals surface area (Å²) in [6.07, 6.45) is 0.205. The summed E-state index contributed by atoms with van der Waals surface area (Å²) in [4.78, 5) is 27.7.